The van der Waals surface area contributed by atoms with Crippen LogP contribution in [-0.2, 0) is 15.4 Å². The fourth-order valence-corrected chi connectivity index (χ4v) is 9.47. The number of rotatable bonds is 7. The smallest absolute Gasteiger partial charge is 0.321 e. The van der Waals surface area contributed by atoms with Gasteiger partial charge in [-0.15, -0.1) is 11.3 Å². The van der Waals surface area contributed by atoms with Crippen molar-refractivity contribution in [1.29, 1.82) is 5.26 Å². The number of carbonyl (C=O) groups is 1. The topological polar surface area (TPSA) is 93.5 Å². The Hall–Kier alpha value is -3.33. The van der Waals surface area contributed by atoms with Gasteiger partial charge >= 0.3 is 6.03 Å². The Balaban J connectivity index is 1.17. The lowest BCUT2D eigenvalue weighted by atomic mass is 9.79. The van der Waals surface area contributed by atoms with Gasteiger partial charge in [0.05, 0.1) is 11.6 Å². The van der Waals surface area contributed by atoms with Crippen molar-refractivity contribution < 1.29 is 22.0 Å². The molecule has 2 amide bonds. The minimum atomic E-state index is -3.52. The average Bonchev–Trinajstić information content (AvgIpc) is 3.46. The van der Waals surface area contributed by atoms with Crippen molar-refractivity contribution in [3.8, 4) is 6.07 Å². The van der Waals surface area contributed by atoms with E-state index in [-0.39, 0.29) is 29.1 Å². The van der Waals surface area contributed by atoms with Gasteiger partial charge in [0.1, 0.15) is 4.21 Å². The van der Waals surface area contributed by atoms with Crippen LogP contribution in [0.3, 0.4) is 0 Å². The second kappa shape index (κ2) is 11.4. The Bertz CT molecular complexity index is 1620. The number of nitrogens with zero attached hydrogens (tertiary/aromatic N) is 3. The van der Waals surface area contributed by atoms with Gasteiger partial charge in [0, 0.05) is 37.4 Å². The van der Waals surface area contributed by atoms with Gasteiger partial charge in [-0.3, -0.25) is 0 Å². The summed E-state index contributed by atoms with van der Waals surface area (Å²) in [4.78, 5) is 15.5. The number of carbonyl (C=O) groups excluding carboxylic acids is 1. The molecule has 1 unspecified atom stereocenters. The van der Waals surface area contributed by atoms with Crippen LogP contribution in [0.25, 0.3) is 0 Å². The van der Waals surface area contributed by atoms with E-state index in [0.717, 1.165) is 37.8 Å². The molecule has 0 radical (unpaired) electrons. The third-order valence-corrected chi connectivity index (χ3v) is 12.5. The fraction of sp³-hybridized carbons (Fsp3) is 0.419. The lowest BCUT2D eigenvalue weighted by molar-refractivity contribution is 0.132. The van der Waals surface area contributed by atoms with Gasteiger partial charge in [-0.25, -0.2) is 22.0 Å². The van der Waals surface area contributed by atoms with Crippen molar-refractivity contribution >= 4 is 33.1 Å². The Kier molecular flexibility index (Phi) is 7.81. The molecule has 1 N–H and O–H groups in total. The molecule has 2 heterocycles. The van der Waals surface area contributed by atoms with Crippen LogP contribution in [0.15, 0.2) is 64.2 Å². The first-order chi connectivity index (χ1) is 20.2. The van der Waals surface area contributed by atoms with Crippen LogP contribution < -0.4 is 5.32 Å². The first-order valence-electron chi connectivity index (χ1n) is 14.3. The highest BCUT2D eigenvalue weighted by molar-refractivity contribution is 7.91. The maximum atomic E-state index is 13.9. The summed E-state index contributed by atoms with van der Waals surface area (Å²) < 4.78 is 55.3. The average molecular weight is 611 g/mol. The van der Waals surface area contributed by atoms with E-state index in [0.29, 0.717) is 48.2 Å². The molecule has 7 nitrogen and oxygen atoms in total. The lowest BCUT2D eigenvalue weighted by Gasteiger charge is -2.40. The number of thiophene rings is 1. The lowest BCUT2D eigenvalue weighted by Crippen LogP contribution is -2.49. The number of amides is 2. The van der Waals surface area contributed by atoms with E-state index in [1.165, 1.54) is 27.3 Å². The highest BCUT2D eigenvalue weighted by atomic mass is 32.2. The highest BCUT2D eigenvalue weighted by Crippen LogP contribution is 2.63. The van der Waals surface area contributed by atoms with Crippen LogP contribution in [0.4, 0.5) is 19.3 Å². The molecule has 42 heavy (non-hydrogen) atoms. The van der Waals surface area contributed by atoms with E-state index in [1.54, 1.807) is 17.5 Å². The third kappa shape index (κ3) is 5.55. The zero-order valence-electron chi connectivity index (χ0n) is 23.0. The second-order valence-corrected chi connectivity index (χ2v) is 14.8. The number of halogens is 2. The number of fused-ring (bicyclic) bond motifs is 1. The molecule has 3 fully saturated rings. The Labute approximate surface area is 248 Å². The summed E-state index contributed by atoms with van der Waals surface area (Å²) in [6, 6.07) is 16.3. The quantitative estimate of drug-likeness (QED) is 0.338. The van der Waals surface area contributed by atoms with Gasteiger partial charge in [0.15, 0.2) is 11.6 Å². The van der Waals surface area contributed by atoms with Gasteiger partial charge in [-0.05, 0) is 97.1 Å². The molecule has 2 aliphatic carbocycles. The molecule has 3 aliphatic rings. The van der Waals surface area contributed by atoms with E-state index in [1.807, 2.05) is 23.1 Å². The molecule has 0 spiro atoms. The largest absolute Gasteiger partial charge is 0.322 e. The molecule has 1 aromatic heterocycles. The summed E-state index contributed by atoms with van der Waals surface area (Å²) in [5.41, 5.74) is 2.05. The van der Waals surface area contributed by atoms with E-state index in [9.17, 15) is 27.3 Å². The first kappa shape index (κ1) is 28.8. The van der Waals surface area contributed by atoms with E-state index in [2.05, 4.69) is 17.5 Å². The standard InChI is InChI=1S/C31H32F2N4O3S2/c32-27-7-6-25(17-28(27)33)35-30(38)37(20-21-9-12-36(13-10-21)42(39,40)29-5-2-14-41-29)26-8-11-31(18-24(31)16-26)23-4-1-3-22(15-23)19-34/h1-7,14-15,17,21,24,26H,8-13,16,18,20H2,(H,35,38)/t24?,26-,31-/m1/s1. The minimum absolute atomic E-state index is 0.0348. The molecule has 1 aliphatic heterocycles. The zero-order chi connectivity index (χ0) is 29.5. The zero-order valence-corrected chi connectivity index (χ0v) is 24.6. The van der Waals surface area contributed by atoms with Gasteiger partial charge < -0.3 is 10.2 Å². The van der Waals surface area contributed by atoms with Crippen molar-refractivity contribution in [2.75, 3.05) is 25.0 Å². The van der Waals surface area contributed by atoms with Crippen LogP contribution in [0.1, 0.15) is 49.7 Å². The molecule has 2 aromatic carbocycles. The number of benzene rings is 2. The summed E-state index contributed by atoms with van der Waals surface area (Å²) in [7, 11) is -3.52. The Morgan fingerprint density at radius 3 is 2.60 bits per heavy atom. The van der Waals surface area contributed by atoms with E-state index in [4.69, 9.17) is 0 Å². The van der Waals surface area contributed by atoms with Gasteiger partial charge in [-0.2, -0.15) is 9.57 Å². The predicted octanol–water partition coefficient (Wildman–Crippen LogP) is 6.34. The molecule has 0 bridgehead atoms. The van der Waals surface area contributed by atoms with Crippen molar-refractivity contribution in [3.05, 3.63) is 82.7 Å². The molecule has 2 saturated carbocycles. The number of urea groups is 1. The molecule has 11 heteroatoms. The Morgan fingerprint density at radius 1 is 1.10 bits per heavy atom. The highest BCUT2D eigenvalue weighted by Gasteiger charge is 2.58. The normalized spacial score (nSPS) is 24.4. The van der Waals surface area contributed by atoms with Crippen LogP contribution in [0.2, 0.25) is 0 Å². The summed E-state index contributed by atoms with van der Waals surface area (Å²) >= 11 is 1.21. The number of piperidine rings is 1. The fourth-order valence-electron chi connectivity index (χ4n) is 6.86. The number of hydrogen-bond donors (Lipinski definition) is 1. The molecule has 3 aromatic rings. The summed E-state index contributed by atoms with van der Waals surface area (Å²) in [6.07, 6.45) is 4.75. The van der Waals surface area contributed by atoms with Crippen LogP contribution >= 0.6 is 11.3 Å². The third-order valence-electron chi connectivity index (χ3n) is 9.27. The molecular formula is C31H32F2N4O3S2. The number of nitriles is 1. The van der Waals surface area contributed by atoms with Crippen LogP contribution in [0, 0.1) is 34.8 Å². The maximum Gasteiger partial charge on any atom is 0.322 e. The van der Waals surface area contributed by atoms with Crippen LogP contribution in [0.5, 0.6) is 0 Å². The monoisotopic (exact) mass is 610 g/mol. The molecule has 220 valence electrons. The second-order valence-electron chi connectivity index (χ2n) is 11.7. The number of hydrogen-bond acceptors (Lipinski definition) is 5. The number of sulfonamides is 1. The summed E-state index contributed by atoms with van der Waals surface area (Å²) in [5, 5.41) is 13.9. The molecule has 6 rings (SSSR count). The van der Waals surface area contributed by atoms with Gasteiger partial charge in [-0.1, -0.05) is 18.2 Å². The molecule has 3 atom stereocenters. The Morgan fingerprint density at radius 2 is 1.90 bits per heavy atom. The SMILES string of the molecule is N#Cc1cccc([C@]23CC[C@@H](N(CC4CCN(S(=O)(=O)c5cccs5)CC4)C(=O)Nc4ccc(F)c(F)c4)CC2C3)c1. The van der Waals surface area contributed by atoms with Gasteiger partial charge in [0.2, 0.25) is 0 Å². The van der Waals surface area contributed by atoms with Crippen LogP contribution in [-0.4, -0.2) is 49.3 Å². The maximum absolute atomic E-state index is 13.9. The van der Waals surface area contributed by atoms with Gasteiger partial charge in [0.25, 0.3) is 10.0 Å². The van der Waals surface area contributed by atoms with Crippen molar-refractivity contribution in [2.24, 2.45) is 11.8 Å². The van der Waals surface area contributed by atoms with E-state index >= 15 is 0 Å². The minimum Gasteiger partial charge on any atom is -0.321 e. The molecular weight excluding hydrogens is 578 g/mol. The summed E-state index contributed by atoms with van der Waals surface area (Å²) in [5.74, 6) is -1.51. The predicted molar refractivity (Wildman–Crippen MR) is 156 cm³/mol. The first-order valence-corrected chi connectivity index (χ1v) is 16.6. The van der Waals surface area contributed by atoms with Crippen molar-refractivity contribution in [1.82, 2.24) is 9.21 Å². The summed E-state index contributed by atoms with van der Waals surface area (Å²) in [6.45, 7) is 1.22. The van der Waals surface area contributed by atoms with Crippen molar-refractivity contribution in [2.45, 2.75) is 54.2 Å². The van der Waals surface area contributed by atoms with Crippen molar-refractivity contribution in [3.63, 3.8) is 0 Å². The van der Waals surface area contributed by atoms with E-state index < -0.39 is 21.7 Å². The number of anilines is 1. The molecule has 1 saturated heterocycles. The number of nitrogens with one attached hydrogen (secondary N) is 1.